The molecular formula is C19H20N4O4. The van der Waals surface area contributed by atoms with E-state index in [1.807, 2.05) is 18.2 Å². The molecule has 3 heterocycles. The molecule has 0 spiro atoms. The molecule has 0 fully saturated rings. The van der Waals surface area contributed by atoms with Crippen LogP contribution in [0.3, 0.4) is 0 Å². The highest BCUT2D eigenvalue weighted by Gasteiger charge is 2.31. The topological polar surface area (TPSA) is 112 Å². The Labute approximate surface area is 154 Å². The lowest BCUT2D eigenvalue weighted by atomic mass is 9.95. The third-order valence-corrected chi connectivity index (χ3v) is 4.97. The highest BCUT2D eigenvalue weighted by atomic mass is 16.5. The lowest BCUT2D eigenvalue weighted by Gasteiger charge is -2.25. The summed E-state index contributed by atoms with van der Waals surface area (Å²) in [5, 5.41) is 14.9. The SMILES string of the molecule is C=CCn1c(O)c([C@@H]2NCCc3c2[nH]c2ccc(OC)cc32)c(=O)[nH]c1=O. The van der Waals surface area contributed by atoms with Crippen LogP contribution in [0.1, 0.15) is 22.9 Å². The average molecular weight is 368 g/mol. The predicted molar refractivity (Wildman–Crippen MR) is 102 cm³/mol. The molecule has 0 saturated heterocycles. The summed E-state index contributed by atoms with van der Waals surface area (Å²) < 4.78 is 6.40. The molecule has 1 aliphatic rings. The first-order chi connectivity index (χ1) is 13.0. The van der Waals surface area contributed by atoms with Crippen molar-refractivity contribution in [2.45, 2.75) is 19.0 Å². The molecular weight excluding hydrogens is 348 g/mol. The fraction of sp³-hybridized carbons (Fsp3) is 0.263. The van der Waals surface area contributed by atoms with Gasteiger partial charge in [0.2, 0.25) is 5.88 Å². The van der Waals surface area contributed by atoms with E-state index in [0.29, 0.717) is 6.54 Å². The Morgan fingerprint density at radius 1 is 1.37 bits per heavy atom. The third kappa shape index (κ3) is 2.65. The van der Waals surface area contributed by atoms with Gasteiger partial charge in [0, 0.05) is 29.7 Å². The van der Waals surface area contributed by atoms with E-state index in [4.69, 9.17) is 4.74 Å². The lowest BCUT2D eigenvalue weighted by Crippen LogP contribution is -2.39. The minimum atomic E-state index is -0.668. The summed E-state index contributed by atoms with van der Waals surface area (Å²) in [6, 6.07) is 5.18. The maximum Gasteiger partial charge on any atom is 0.331 e. The van der Waals surface area contributed by atoms with Gasteiger partial charge in [-0.1, -0.05) is 6.08 Å². The average Bonchev–Trinajstić information content (AvgIpc) is 3.03. The number of methoxy groups -OCH3 is 1. The van der Waals surface area contributed by atoms with Gasteiger partial charge in [-0.25, -0.2) is 4.79 Å². The largest absolute Gasteiger partial charge is 0.497 e. The van der Waals surface area contributed by atoms with Crippen molar-refractivity contribution in [1.82, 2.24) is 19.9 Å². The zero-order valence-electron chi connectivity index (χ0n) is 14.8. The van der Waals surface area contributed by atoms with E-state index in [1.54, 1.807) is 7.11 Å². The van der Waals surface area contributed by atoms with E-state index in [9.17, 15) is 14.7 Å². The number of hydrogen-bond acceptors (Lipinski definition) is 5. The van der Waals surface area contributed by atoms with Crippen LogP contribution in [-0.2, 0) is 13.0 Å². The Bertz CT molecular complexity index is 1150. The van der Waals surface area contributed by atoms with E-state index < -0.39 is 17.3 Å². The van der Waals surface area contributed by atoms with Gasteiger partial charge in [-0.05, 0) is 30.2 Å². The van der Waals surface area contributed by atoms with Gasteiger partial charge in [-0.3, -0.25) is 14.3 Å². The van der Waals surface area contributed by atoms with Gasteiger partial charge in [0.1, 0.15) is 11.3 Å². The van der Waals surface area contributed by atoms with Crippen molar-refractivity contribution >= 4 is 10.9 Å². The van der Waals surface area contributed by atoms with E-state index >= 15 is 0 Å². The number of allylic oxidation sites excluding steroid dienone is 1. The number of aromatic amines is 2. The molecule has 0 radical (unpaired) electrons. The molecule has 0 aliphatic carbocycles. The van der Waals surface area contributed by atoms with Crippen LogP contribution in [0.5, 0.6) is 11.6 Å². The van der Waals surface area contributed by atoms with Crippen molar-refractivity contribution in [3.8, 4) is 11.6 Å². The molecule has 2 aromatic heterocycles. The Morgan fingerprint density at radius 3 is 2.93 bits per heavy atom. The Hall–Kier alpha value is -3.26. The number of nitrogens with one attached hydrogen (secondary N) is 3. The van der Waals surface area contributed by atoms with Crippen LogP contribution < -0.4 is 21.3 Å². The molecule has 4 N–H and O–H groups in total. The Balaban J connectivity index is 1.94. The Morgan fingerprint density at radius 2 is 2.19 bits per heavy atom. The number of rotatable bonds is 4. The number of benzene rings is 1. The first-order valence-electron chi connectivity index (χ1n) is 8.64. The van der Waals surface area contributed by atoms with Gasteiger partial charge >= 0.3 is 5.69 Å². The summed E-state index contributed by atoms with van der Waals surface area (Å²) in [6.45, 7) is 4.31. The number of nitrogens with zero attached hydrogens (tertiary/aromatic N) is 1. The highest BCUT2D eigenvalue weighted by molar-refractivity contribution is 5.86. The second-order valence-electron chi connectivity index (χ2n) is 6.46. The number of aromatic nitrogens is 3. The van der Waals surface area contributed by atoms with Crippen molar-refractivity contribution in [3.05, 3.63) is 68.5 Å². The summed E-state index contributed by atoms with van der Waals surface area (Å²) >= 11 is 0. The van der Waals surface area contributed by atoms with Gasteiger partial charge in [0.15, 0.2) is 0 Å². The number of aromatic hydroxyl groups is 1. The summed E-state index contributed by atoms with van der Waals surface area (Å²) in [4.78, 5) is 30.1. The normalized spacial score (nSPS) is 16.3. The molecule has 140 valence electrons. The van der Waals surface area contributed by atoms with Crippen molar-refractivity contribution < 1.29 is 9.84 Å². The van der Waals surface area contributed by atoms with Gasteiger partial charge in [0.25, 0.3) is 5.56 Å². The molecule has 1 aliphatic heterocycles. The molecule has 4 rings (SSSR count). The van der Waals surface area contributed by atoms with Crippen molar-refractivity contribution in [3.63, 3.8) is 0 Å². The molecule has 8 nitrogen and oxygen atoms in total. The summed E-state index contributed by atoms with van der Waals surface area (Å²) in [7, 11) is 1.62. The van der Waals surface area contributed by atoms with Crippen LogP contribution in [0.15, 0.2) is 40.4 Å². The van der Waals surface area contributed by atoms with Crippen molar-refractivity contribution in [1.29, 1.82) is 0 Å². The quantitative estimate of drug-likeness (QED) is 0.516. The minimum Gasteiger partial charge on any atom is -0.497 e. The smallest absolute Gasteiger partial charge is 0.331 e. The molecule has 1 atom stereocenters. The summed E-state index contributed by atoms with van der Waals surface area (Å²) in [5.74, 6) is 0.393. The maximum absolute atomic E-state index is 12.5. The first-order valence-corrected chi connectivity index (χ1v) is 8.64. The molecule has 1 aromatic carbocycles. The molecule has 0 saturated carbocycles. The number of fused-ring (bicyclic) bond motifs is 3. The van der Waals surface area contributed by atoms with Crippen LogP contribution in [0.2, 0.25) is 0 Å². The van der Waals surface area contributed by atoms with Crippen LogP contribution in [-0.4, -0.2) is 33.3 Å². The van der Waals surface area contributed by atoms with Gasteiger partial charge in [0.05, 0.1) is 13.2 Å². The molecule has 0 unspecified atom stereocenters. The second-order valence-corrected chi connectivity index (χ2v) is 6.46. The Kier molecular flexibility index (Phi) is 4.12. The summed E-state index contributed by atoms with van der Waals surface area (Å²) in [5.41, 5.74) is 1.61. The number of ether oxygens (including phenoxy) is 1. The van der Waals surface area contributed by atoms with Crippen LogP contribution in [0.4, 0.5) is 0 Å². The highest BCUT2D eigenvalue weighted by Crippen LogP contribution is 2.35. The number of hydrogen-bond donors (Lipinski definition) is 4. The van der Waals surface area contributed by atoms with E-state index in [0.717, 1.165) is 38.9 Å². The van der Waals surface area contributed by atoms with E-state index in [1.165, 1.54) is 6.08 Å². The van der Waals surface area contributed by atoms with Gasteiger partial charge < -0.3 is 20.1 Å². The second kappa shape index (κ2) is 6.48. The summed E-state index contributed by atoms with van der Waals surface area (Å²) in [6.07, 6.45) is 2.25. The fourth-order valence-corrected chi connectivity index (χ4v) is 3.71. The van der Waals surface area contributed by atoms with Crippen molar-refractivity contribution in [2.24, 2.45) is 0 Å². The zero-order valence-corrected chi connectivity index (χ0v) is 14.8. The first kappa shape index (κ1) is 17.2. The monoisotopic (exact) mass is 368 g/mol. The molecule has 3 aromatic rings. The van der Waals surface area contributed by atoms with E-state index in [-0.39, 0.29) is 18.0 Å². The van der Waals surface area contributed by atoms with Gasteiger partial charge in [-0.2, -0.15) is 0 Å². The minimum absolute atomic E-state index is 0.0952. The standard InChI is InChI=1S/C19H20N4O4/c1-3-8-23-18(25)14(17(24)22-19(23)26)16-15-11(6-7-20-16)12-9-10(27-2)4-5-13(12)21-15/h3-5,9,16,20-21,25H,1,6-8H2,2H3,(H,22,24,26)/t16-/m0/s1. The fourth-order valence-electron chi connectivity index (χ4n) is 3.71. The molecule has 0 bridgehead atoms. The van der Waals surface area contributed by atoms with Crippen molar-refractivity contribution in [2.75, 3.05) is 13.7 Å². The predicted octanol–water partition coefficient (Wildman–Crippen LogP) is 1.15. The number of H-pyrrole nitrogens is 2. The van der Waals surface area contributed by atoms with Crippen LogP contribution in [0.25, 0.3) is 10.9 Å². The molecule has 8 heteroatoms. The third-order valence-electron chi connectivity index (χ3n) is 4.97. The van der Waals surface area contributed by atoms with Crippen LogP contribution in [0, 0.1) is 0 Å². The zero-order chi connectivity index (χ0) is 19.1. The molecule has 27 heavy (non-hydrogen) atoms. The maximum atomic E-state index is 12.5. The lowest BCUT2D eigenvalue weighted by molar-refractivity contribution is 0.391. The van der Waals surface area contributed by atoms with E-state index in [2.05, 4.69) is 21.9 Å². The molecule has 0 amide bonds. The van der Waals surface area contributed by atoms with Crippen LogP contribution >= 0.6 is 0 Å². The van der Waals surface area contributed by atoms with Gasteiger partial charge in [-0.15, -0.1) is 6.58 Å².